The molecule has 0 aliphatic rings. The van der Waals surface area contributed by atoms with Gasteiger partial charge in [-0.15, -0.1) is 0 Å². The summed E-state index contributed by atoms with van der Waals surface area (Å²) in [5, 5.41) is 13.4. The summed E-state index contributed by atoms with van der Waals surface area (Å²) in [6.07, 6.45) is -5.08. The number of aromatic nitrogens is 4. The van der Waals surface area contributed by atoms with Gasteiger partial charge in [0.05, 0.1) is 23.7 Å². The van der Waals surface area contributed by atoms with E-state index in [4.69, 9.17) is 42.7 Å². The number of aryl methyl sites for hydroxylation is 1. The maximum atomic E-state index is 15.5. The van der Waals surface area contributed by atoms with E-state index >= 15 is 4.39 Å². The van der Waals surface area contributed by atoms with Gasteiger partial charge in [0.2, 0.25) is 0 Å². The second-order valence-corrected chi connectivity index (χ2v) is 9.35. The Bertz CT molecular complexity index is 1760. The predicted octanol–water partition coefficient (Wildman–Crippen LogP) is 5.81. The quantitative estimate of drug-likeness (QED) is 0.169. The molecule has 0 saturated carbocycles. The van der Waals surface area contributed by atoms with Crippen LogP contribution < -0.4 is 16.2 Å². The normalized spacial score (nSPS) is 12.0. The molecular formula is C28H23ClF4N6O3. The highest BCUT2D eigenvalue weighted by molar-refractivity contribution is 6.32. The van der Waals surface area contributed by atoms with Crippen LogP contribution in [0.15, 0.2) is 66.7 Å². The van der Waals surface area contributed by atoms with Crippen molar-refractivity contribution in [3.05, 3.63) is 94.7 Å². The largest absolute Gasteiger partial charge is 0.495 e. The second kappa shape index (κ2) is 11.9. The Balaban J connectivity index is 0.000000517. The van der Waals surface area contributed by atoms with Crippen LogP contribution in [0.25, 0.3) is 22.2 Å². The number of hydrogen-bond donors (Lipinski definition) is 3. The zero-order valence-electron chi connectivity index (χ0n) is 22.0. The molecule has 1 atom stereocenters. The summed E-state index contributed by atoms with van der Waals surface area (Å²) in [5.41, 5.74) is 14.5. The smallest absolute Gasteiger partial charge is 0.490 e. The number of methoxy groups -OCH3 is 1. The van der Waals surface area contributed by atoms with E-state index in [1.165, 1.54) is 13.2 Å². The fraction of sp³-hybridized carbons (Fsp3) is 0.143. The first kappa shape index (κ1) is 30.1. The van der Waals surface area contributed by atoms with Gasteiger partial charge in [0.1, 0.15) is 23.2 Å². The van der Waals surface area contributed by atoms with E-state index < -0.39 is 23.9 Å². The number of nitrogen functional groups attached to an aromatic ring is 2. The number of ether oxygens (including phenoxy) is 1. The molecule has 2 heterocycles. The second-order valence-electron chi connectivity index (χ2n) is 8.94. The maximum Gasteiger partial charge on any atom is 0.490 e. The van der Waals surface area contributed by atoms with Crippen molar-refractivity contribution < 1.29 is 32.2 Å². The van der Waals surface area contributed by atoms with Gasteiger partial charge in [0.15, 0.2) is 5.82 Å². The minimum absolute atomic E-state index is 0.161. The Morgan fingerprint density at radius 2 is 1.71 bits per heavy atom. The number of nitrogens with two attached hydrogens (primary N) is 2. The fourth-order valence-corrected chi connectivity index (χ4v) is 4.41. The van der Waals surface area contributed by atoms with E-state index in [2.05, 4.69) is 10.1 Å². The lowest BCUT2D eigenvalue weighted by atomic mass is 9.92. The van der Waals surface area contributed by atoms with Crippen molar-refractivity contribution in [3.63, 3.8) is 0 Å². The summed E-state index contributed by atoms with van der Waals surface area (Å²) in [6, 6.07) is 19.5. The summed E-state index contributed by atoms with van der Waals surface area (Å²) < 4.78 is 54.2. The molecule has 0 spiro atoms. The van der Waals surface area contributed by atoms with E-state index in [-0.39, 0.29) is 10.6 Å². The average molecular weight is 603 g/mol. The number of anilines is 2. The number of rotatable bonds is 5. The van der Waals surface area contributed by atoms with Gasteiger partial charge in [-0.05, 0) is 41.8 Å². The fourth-order valence-electron chi connectivity index (χ4n) is 4.18. The van der Waals surface area contributed by atoms with Crippen LogP contribution >= 0.6 is 11.6 Å². The number of hydrogen-bond acceptors (Lipinski definition) is 7. The number of nitrogens with zero attached hydrogens (tertiary/aromatic N) is 4. The molecule has 218 valence electrons. The van der Waals surface area contributed by atoms with Crippen molar-refractivity contribution in [2.24, 2.45) is 7.05 Å². The SMILES string of the molecule is COc1cc(C(c2cc3cc(N)ccc3c(N)n2)c2nc(-c3ccccc3)nn2C)c(F)cc1Cl.O=C(O)C(F)(F)F. The molecule has 1 unspecified atom stereocenters. The molecule has 14 heteroatoms. The molecule has 5 rings (SSSR count). The highest BCUT2D eigenvalue weighted by Gasteiger charge is 2.38. The van der Waals surface area contributed by atoms with Crippen LogP contribution in [0, 0.1) is 5.82 Å². The summed E-state index contributed by atoms with van der Waals surface area (Å²) in [4.78, 5) is 18.3. The summed E-state index contributed by atoms with van der Waals surface area (Å²) in [5.74, 6) is -2.43. The van der Waals surface area contributed by atoms with Crippen molar-refractivity contribution in [2.45, 2.75) is 12.1 Å². The molecule has 5 aromatic rings. The highest BCUT2D eigenvalue weighted by atomic mass is 35.5. The first-order valence-corrected chi connectivity index (χ1v) is 12.4. The van der Waals surface area contributed by atoms with Crippen molar-refractivity contribution >= 4 is 39.8 Å². The van der Waals surface area contributed by atoms with E-state index in [9.17, 15) is 13.2 Å². The summed E-state index contributed by atoms with van der Waals surface area (Å²) in [6.45, 7) is 0. The number of pyridine rings is 1. The maximum absolute atomic E-state index is 15.5. The van der Waals surface area contributed by atoms with Crippen LogP contribution in [-0.4, -0.2) is 44.1 Å². The first-order chi connectivity index (χ1) is 19.8. The molecule has 0 fully saturated rings. The Labute approximate surface area is 241 Å². The molecule has 0 aliphatic heterocycles. The molecule has 0 bridgehead atoms. The molecular weight excluding hydrogens is 580 g/mol. The van der Waals surface area contributed by atoms with Crippen molar-refractivity contribution in [1.82, 2.24) is 19.7 Å². The number of benzene rings is 3. The number of halogens is 5. The molecule has 2 aromatic heterocycles. The molecule has 0 aliphatic carbocycles. The van der Waals surface area contributed by atoms with Crippen LogP contribution in [0.2, 0.25) is 5.02 Å². The third-order valence-electron chi connectivity index (χ3n) is 6.11. The standard InChI is InChI=1S/C26H22ClFN6O.C2HF3O2/c1-34-26(32-25(33-34)14-6-4-3-5-7-14)23(18-12-22(35-2)19(27)13-20(18)28)21-11-15-10-16(29)8-9-17(15)24(30)31-21;3-2(4,5)1(6)7/h3-13,23H,29H2,1-2H3,(H2,30,31);(H,6,7). The topological polar surface area (TPSA) is 142 Å². The minimum atomic E-state index is -5.08. The first-order valence-electron chi connectivity index (χ1n) is 12.0. The summed E-state index contributed by atoms with van der Waals surface area (Å²) >= 11 is 6.19. The van der Waals surface area contributed by atoms with Gasteiger partial charge in [-0.1, -0.05) is 41.9 Å². The lowest BCUT2D eigenvalue weighted by molar-refractivity contribution is -0.192. The Morgan fingerprint density at radius 1 is 1.05 bits per heavy atom. The zero-order valence-corrected chi connectivity index (χ0v) is 22.8. The monoisotopic (exact) mass is 602 g/mol. The van der Waals surface area contributed by atoms with Crippen LogP contribution in [0.3, 0.4) is 0 Å². The van der Waals surface area contributed by atoms with Gasteiger partial charge in [-0.2, -0.15) is 18.3 Å². The molecule has 5 N–H and O–H groups in total. The number of carbonyl (C=O) groups is 1. The van der Waals surface area contributed by atoms with Gasteiger partial charge in [0, 0.05) is 29.2 Å². The van der Waals surface area contributed by atoms with Crippen LogP contribution in [-0.2, 0) is 11.8 Å². The zero-order chi connectivity index (χ0) is 30.8. The molecule has 0 saturated heterocycles. The van der Waals surface area contributed by atoms with E-state index in [1.807, 2.05) is 42.5 Å². The predicted molar refractivity (Wildman–Crippen MR) is 150 cm³/mol. The van der Waals surface area contributed by atoms with Crippen LogP contribution in [0.4, 0.5) is 29.1 Å². The Morgan fingerprint density at radius 3 is 2.33 bits per heavy atom. The van der Waals surface area contributed by atoms with Gasteiger partial charge >= 0.3 is 12.1 Å². The number of carboxylic acid groups (broad SMARTS) is 1. The van der Waals surface area contributed by atoms with Gasteiger partial charge in [-0.25, -0.2) is 19.2 Å². The van der Waals surface area contributed by atoms with Crippen LogP contribution in [0.5, 0.6) is 5.75 Å². The van der Waals surface area contributed by atoms with Crippen molar-refractivity contribution in [2.75, 3.05) is 18.6 Å². The highest BCUT2D eigenvalue weighted by Crippen LogP contribution is 2.39. The third-order valence-corrected chi connectivity index (χ3v) is 6.41. The van der Waals surface area contributed by atoms with Gasteiger partial charge in [-0.3, -0.25) is 4.68 Å². The lowest BCUT2D eigenvalue weighted by Crippen LogP contribution is -2.21. The van der Waals surface area contributed by atoms with Gasteiger partial charge < -0.3 is 21.3 Å². The number of fused-ring (bicyclic) bond motifs is 1. The van der Waals surface area contributed by atoms with E-state index in [0.29, 0.717) is 34.6 Å². The molecule has 9 nitrogen and oxygen atoms in total. The minimum Gasteiger partial charge on any atom is -0.495 e. The third kappa shape index (κ3) is 6.36. The van der Waals surface area contributed by atoms with E-state index in [1.54, 1.807) is 29.9 Å². The van der Waals surface area contributed by atoms with Gasteiger partial charge in [0.25, 0.3) is 0 Å². The number of alkyl halides is 3. The number of aliphatic carboxylic acids is 1. The average Bonchev–Trinajstić information content (AvgIpc) is 3.31. The Kier molecular flexibility index (Phi) is 8.52. The Hall–Kier alpha value is -4.91. The summed E-state index contributed by atoms with van der Waals surface area (Å²) in [7, 11) is 3.23. The number of carboxylic acids is 1. The molecule has 3 aromatic carbocycles. The molecule has 0 amide bonds. The van der Waals surface area contributed by atoms with E-state index in [0.717, 1.165) is 16.3 Å². The van der Waals surface area contributed by atoms with Crippen LogP contribution in [0.1, 0.15) is 23.0 Å². The lowest BCUT2D eigenvalue weighted by Gasteiger charge is -2.19. The molecule has 0 radical (unpaired) electrons. The van der Waals surface area contributed by atoms with Crippen molar-refractivity contribution in [3.8, 4) is 17.1 Å². The van der Waals surface area contributed by atoms with Crippen molar-refractivity contribution in [1.29, 1.82) is 0 Å². The molecule has 42 heavy (non-hydrogen) atoms.